The minimum atomic E-state index is -0.954. The number of hydrogen-bond donors (Lipinski definition) is 1. The monoisotopic (exact) mass is 366 g/mol. The van der Waals surface area contributed by atoms with Gasteiger partial charge in [0.05, 0.1) is 21.8 Å². The zero-order valence-electron chi connectivity index (χ0n) is 13.7. The van der Waals surface area contributed by atoms with E-state index in [1.165, 1.54) is 27.8 Å². The van der Waals surface area contributed by atoms with Crippen LogP contribution in [0.3, 0.4) is 0 Å². The number of aliphatic carboxylic acids is 1. The fourth-order valence-electron chi connectivity index (χ4n) is 2.85. The summed E-state index contributed by atoms with van der Waals surface area (Å²) in [6, 6.07) is 4.08. The van der Waals surface area contributed by atoms with Gasteiger partial charge < -0.3 is 10.0 Å². The molecule has 1 saturated heterocycles. The number of aromatic nitrogens is 3. The summed E-state index contributed by atoms with van der Waals surface area (Å²) in [4.78, 5) is 25.5. The van der Waals surface area contributed by atoms with Crippen molar-refractivity contribution in [2.45, 2.75) is 20.3 Å². The van der Waals surface area contributed by atoms with E-state index in [0.717, 1.165) is 0 Å². The number of amides is 1. The van der Waals surface area contributed by atoms with Crippen molar-refractivity contribution < 1.29 is 19.1 Å². The van der Waals surface area contributed by atoms with Crippen LogP contribution < -0.4 is 0 Å². The second-order valence-corrected chi connectivity index (χ2v) is 6.78. The van der Waals surface area contributed by atoms with Crippen molar-refractivity contribution >= 4 is 23.5 Å². The van der Waals surface area contributed by atoms with Crippen molar-refractivity contribution in [3.63, 3.8) is 0 Å². The van der Waals surface area contributed by atoms with Crippen LogP contribution in [0.1, 0.15) is 29.5 Å². The van der Waals surface area contributed by atoms with Crippen LogP contribution in [-0.2, 0) is 4.79 Å². The van der Waals surface area contributed by atoms with E-state index >= 15 is 0 Å². The molecule has 0 aliphatic carbocycles. The van der Waals surface area contributed by atoms with Crippen molar-refractivity contribution in [3.05, 3.63) is 40.4 Å². The molecule has 1 fully saturated rings. The SMILES string of the molecule is Cc1c(C(=O)N2CCC(C)(C(=O)O)C2)nnn1-c1ccc(F)c(Cl)c1. The molecule has 0 bridgehead atoms. The molecule has 1 amide bonds. The molecule has 1 aliphatic rings. The van der Waals surface area contributed by atoms with Gasteiger partial charge in [0.2, 0.25) is 0 Å². The van der Waals surface area contributed by atoms with Gasteiger partial charge in [0.1, 0.15) is 5.82 Å². The fraction of sp³-hybridized carbons (Fsp3) is 0.375. The van der Waals surface area contributed by atoms with Gasteiger partial charge >= 0.3 is 5.97 Å². The Morgan fingerprint density at radius 2 is 2.12 bits per heavy atom. The van der Waals surface area contributed by atoms with Gasteiger partial charge in [-0.2, -0.15) is 0 Å². The number of likely N-dealkylation sites (tertiary alicyclic amines) is 1. The molecular weight excluding hydrogens is 351 g/mol. The van der Waals surface area contributed by atoms with Gasteiger partial charge in [-0.1, -0.05) is 16.8 Å². The number of rotatable bonds is 3. The van der Waals surface area contributed by atoms with Crippen LogP contribution in [0.2, 0.25) is 5.02 Å². The molecule has 1 atom stereocenters. The predicted molar refractivity (Wildman–Crippen MR) is 87.3 cm³/mol. The van der Waals surface area contributed by atoms with Crippen LogP contribution in [0, 0.1) is 18.2 Å². The van der Waals surface area contributed by atoms with Crippen molar-refractivity contribution in [2.24, 2.45) is 5.41 Å². The van der Waals surface area contributed by atoms with Crippen LogP contribution in [0.4, 0.5) is 4.39 Å². The fourth-order valence-corrected chi connectivity index (χ4v) is 3.02. The maximum Gasteiger partial charge on any atom is 0.311 e. The lowest BCUT2D eigenvalue weighted by molar-refractivity contribution is -0.147. The number of carbonyl (C=O) groups excluding carboxylic acids is 1. The third kappa shape index (κ3) is 2.97. The number of halogens is 2. The number of carbonyl (C=O) groups is 2. The van der Waals surface area contributed by atoms with E-state index in [2.05, 4.69) is 10.3 Å². The van der Waals surface area contributed by atoms with E-state index in [0.29, 0.717) is 24.3 Å². The molecular formula is C16H16ClFN4O3. The second kappa shape index (κ2) is 6.11. The Labute approximate surface area is 148 Å². The maximum atomic E-state index is 13.3. The first kappa shape index (κ1) is 17.3. The minimum absolute atomic E-state index is 0.0583. The Bertz CT molecular complexity index is 869. The molecule has 3 rings (SSSR count). The van der Waals surface area contributed by atoms with Gasteiger partial charge in [0, 0.05) is 13.1 Å². The lowest BCUT2D eigenvalue weighted by atomic mass is 9.90. The molecule has 25 heavy (non-hydrogen) atoms. The van der Waals surface area contributed by atoms with E-state index in [1.54, 1.807) is 13.8 Å². The Kier molecular flexibility index (Phi) is 4.24. The number of carboxylic acids is 1. The summed E-state index contributed by atoms with van der Waals surface area (Å²) in [6.45, 7) is 3.75. The van der Waals surface area contributed by atoms with E-state index < -0.39 is 17.2 Å². The normalized spacial score (nSPS) is 20.1. The van der Waals surface area contributed by atoms with Crippen molar-refractivity contribution in [1.29, 1.82) is 0 Å². The molecule has 1 aromatic heterocycles. The molecule has 1 unspecified atom stereocenters. The topological polar surface area (TPSA) is 88.3 Å². The van der Waals surface area contributed by atoms with Crippen molar-refractivity contribution in [1.82, 2.24) is 19.9 Å². The van der Waals surface area contributed by atoms with E-state index in [4.69, 9.17) is 11.6 Å². The van der Waals surface area contributed by atoms with Gasteiger partial charge in [-0.25, -0.2) is 9.07 Å². The summed E-state index contributed by atoms with van der Waals surface area (Å²) in [7, 11) is 0. The highest BCUT2D eigenvalue weighted by Gasteiger charge is 2.43. The summed E-state index contributed by atoms with van der Waals surface area (Å²) < 4.78 is 14.7. The molecule has 2 aromatic rings. The molecule has 132 valence electrons. The molecule has 9 heteroatoms. The molecule has 0 spiro atoms. The number of nitrogens with zero attached hydrogens (tertiary/aromatic N) is 4. The molecule has 7 nitrogen and oxygen atoms in total. The summed E-state index contributed by atoms with van der Waals surface area (Å²) in [5, 5.41) is 17.1. The Hall–Kier alpha value is -2.48. The van der Waals surface area contributed by atoms with Crippen LogP contribution in [0.25, 0.3) is 5.69 Å². The standard InChI is InChI=1S/C16H16ClFN4O3/c1-9-13(14(23)21-6-5-16(2,8-21)15(24)25)19-20-22(9)10-3-4-12(18)11(17)7-10/h3-4,7H,5-6,8H2,1-2H3,(H,24,25). The van der Waals surface area contributed by atoms with Crippen LogP contribution >= 0.6 is 11.6 Å². The third-order valence-electron chi connectivity index (χ3n) is 4.52. The summed E-state index contributed by atoms with van der Waals surface area (Å²) >= 11 is 5.78. The quantitative estimate of drug-likeness (QED) is 0.900. The predicted octanol–water partition coefficient (Wildman–Crippen LogP) is 2.31. The Morgan fingerprint density at radius 3 is 2.72 bits per heavy atom. The smallest absolute Gasteiger partial charge is 0.311 e. The molecule has 0 radical (unpaired) electrons. The first-order chi connectivity index (χ1) is 11.7. The Balaban J connectivity index is 1.87. The summed E-state index contributed by atoms with van der Waals surface area (Å²) in [5.74, 6) is -1.85. The first-order valence-corrected chi connectivity index (χ1v) is 8.01. The number of benzene rings is 1. The zero-order valence-corrected chi connectivity index (χ0v) is 14.4. The molecule has 1 aliphatic heterocycles. The van der Waals surface area contributed by atoms with Crippen molar-refractivity contribution in [2.75, 3.05) is 13.1 Å². The molecule has 1 N–H and O–H groups in total. The molecule has 0 saturated carbocycles. The van der Waals surface area contributed by atoms with Crippen LogP contribution in [-0.4, -0.2) is 50.0 Å². The van der Waals surface area contributed by atoms with Crippen LogP contribution in [0.5, 0.6) is 0 Å². The molecule has 1 aromatic carbocycles. The second-order valence-electron chi connectivity index (χ2n) is 6.38. The first-order valence-electron chi connectivity index (χ1n) is 7.63. The highest BCUT2D eigenvalue weighted by atomic mass is 35.5. The van der Waals surface area contributed by atoms with Crippen molar-refractivity contribution in [3.8, 4) is 5.69 Å². The highest BCUT2D eigenvalue weighted by Crippen LogP contribution is 2.31. The number of hydrogen-bond acceptors (Lipinski definition) is 4. The number of carboxylic acid groups (broad SMARTS) is 1. The van der Waals surface area contributed by atoms with Gasteiger partial charge in [0.15, 0.2) is 5.69 Å². The van der Waals surface area contributed by atoms with Gasteiger partial charge in [-0.3, -0.25) is 9.59 Å². The largest absolute Gasteiger partial charge is 0.481 e. The van der Waals surface area contributed by atoms with E-state index in [-0.39, 0.29) is 23.2 Å². The maximum absolute atomic E-state index is 13.3. The third-order valence-corrected chi connectivity index (χ3v) is 4.81. The molecule has 2 heterocycles. The van der Waals surface area contributed by atoms with Gasteiger partial charge in [-0.05, 0) is 38.5 Å². The van der Waals surface area contributed by atoms with E-state index in [9.17, 15) is 19.1 Å². The van der Waals surface area contributed by atoms with Crippen LogP contribution in [0.15, 0.2) is 18.2 Å². The summed E-state index contributed by atoms with van der Waals surface area (Å²) in [5.41, 5.74) is 0.128. The van der Waals surface area contributed by atoms with Gasteiger partial charge in [0.25, 0.3) is 5.91 Å². The average molecular weight is 367 g/mol. The average Bonchev–Trinajstić information content (AvgIpc) is 3.14. The Morgan fingerprint density at radius 1 is 1.40 bits per heavy atom. The highest BCUT2D eigenvalue weighted by molar-refractivity contribution is 6.30. The summed E-state index contributed by atoms with van der Waals surface area (Å²) in [6.07, 6.45) is 0.384. The van der Waals surface area contributed by atoms with Gasteiger partial charge in [-0.15, -0.1) is 5.10 Å². The lowest BCUT2D eigenvalue weighted by Crippen LogP contribution is -2.35. The zero-order chi connectivity index (χ0) is 18.4. The minimum Gasteiger partial charge on any atom is -0.481 e. The lowest BCUT2D eigenvalue weighted by Gasteiger charge is -2.19. The van der Waals surface area contributed by atoms with E-state index in [1.807, 2.05) is 0 Å².